The third-order valence-electron chi connectivity index (χ3n) is 5.63. The molecule has 2 aromatic carbocycles. The lowest BCUT2D eigenvalue weighted by Gasteiger charge is -2.25. The maximum absolute atomic E-state index is 13.3. The van der Waals surface area contributed by atoms with Crippen LogP contribution in [0.5, 0.6) is 0 Å². The summed E-state index contributed by atoms with van der Waals surface area (Å²) in [6, 6.07) is 13.7. The number of aliphatic hydroxyl groups excluding tert-OH is 1. The summed E-state index contributed by atoms with van der Waals surface area (Å²) in [5.41, 5.74) is 1.84. The maximum atomic E-state index is 13.3. The number of hydrogen-bond donors (Lipinski definition) is 1. The maximum Gasteiger partial charge on any atom is 0.268 e. The molecule has 0 amide bonds. The van der Waals surface area contributed by atoms with Gasteiger partial charge in [0.15, 0.2) is 0 Å². The molecule has 1 aromatic heterocycles. The van der Waals surface area contributed by atoms with Gasteiger partial charge in [0.25, 0.3) is 10.0 Å². The van der Waals surface area contributed by atoms with Crippen molar-refractivity contribution in [1.82, 2.24) is 3.97 Å². The average molecular weight is 397 g/mol. The first-order valence-electron chi connectivity index (χ1n) is 9.53. The van der Waals surface area contributed by atoms with Gasteiger partial charge in [0.1, 0.15) is 5.78 Å². The first-order chi connectivity index (χ1) is 13.4. The second-order valence-electron chi connectivity index (χ2n) is 7.43. The number of carbonyl (C=O) groups excluding carboxylic acids is 1. The Bertz CT molecular complexity index is 1130. The normalized spacial score (nSPS) is 19.1. The SMILES string of the molecule is Cc1cccc2c([C@H](O)[C@@H]3CCCCC3=O)cn(S(=O)(=O)c3ccccc3)c12. The fourth-order valence-electron chi connectivity index (χ4n) is 4.14. The molecule has 0 spiro atoms. The van der Waals surface area contributed by atoms with E-state index in [1.54, 1.807) is 30.3 Å². The lowest BCUT2D eigenvalue weighted by molar-refractivity contribution is -0.128. The number of rotatable bonds is 4. The van der Waals surface area contributed by atoms with Crippen molar-refractivity contribution in [2.75, 3.05) is 0 Å². The average Bonchev–Trinajstić information content (AvgIpc) is 3.10. The number of ketones is 1. The van der Waals surface area contributed by atoms with E-state index in [0.717, 1.165) is 18.4 Å². The Morgan fingerprint density at radius 3 is 2.54 bits per heavy atom. The number of aliphatic hydroxyl groups is 1. The molecule has 146 valence electrons. The number of fused-ring (bicyclic) bond motifs is 1. The fourth-order valence-corrected chi connectivity index (χ4v) is 5.60. The first kappa shape index (κ1) is 18.9. The molecule has 2 atom stereocenters. The second kappa shape index (κ2) is 7.18. The van der Waals surface area contributed by atoms with Gasteiger partial charge in [-0.2, -0.15) is 0 Å². The van der Waals surface area contributed by atoms with Gasteiger partial charge < -0.3 is 5.11 Å². The van der Waals surface area contributed by atoms with Crippen molar-refractivity contribution in [1.29, 1.82) is 0 Å². The molecule has 5 nitrogen and oxygen atoms in total. The lowest BCUT2D eigenvalue weighted by atomic mass is 9.81. The molecule has 6 heteroatoms. The van der Waals surface area contributed by atoms with Gasteiger partial charge >= 0.3 is 0 Å². The third-order valence-corrected chi connectivity index (χ3v) is 7.30. The van der Waals surface area contributed by atoms with Crippen LogP contribution in [0.3, 0.4) is 0 Å². The van der Waals surface area contributed by atoms with Gasteiger partial charge in [0.2, 0.25) is 0 Å². The van der Waals surface area contributed by atoms with E-state index in [9.17, 15) is 18.3 Å². The standard InChI is InChI=1S/C22H23NO4S/c1-15-8-7-12-17-19(22(25)18-11-5-6-13-20(18)24)14-23(21(15)17)28(26,27)16-9-3-2-4-10-16/h2-4,7-10,12,14,18,22,25H,5-6,11,13H2,1H3/t18-,22-/m1/s1. The topological polar surface area (TPSA) is 76.4 Å². The van der Waals surface area contributed by atoms with Gasteiger partial charge in [0, 0.05) is 29.5 Å². The van der Waals surface area contributed by atoms with E-state index in [4.69, 9.17) is 0 Å². The van der Waals surface area contributed by atoms with Crippen LogP contribution < -0.4 is 0 Å². The van der Waals surface area contributed by atoms with Crippen LogP contribution in [-0.4, -0.2) is 23.3 Å². The third kappa shape index (κ3) is 3.06. The van der Waals surface area contributed by atoms with Crippen molar-refractivity contribution in [3.63, 3.8) is 0 Å². The van der Waals surface area contributed by atoms with Crippen molar-refractivity contribution in [3.05, 3.63) is 65.9 Å². The summed E-state index contributed by atoms with van der Waals surface area (Å²) < 4.78 is 27.8. The zero-order valence-electron chi connectivity index (χ0n) is 15.7. The van der Waals surface area contributed by atoms with Crippen molar-refractivity contribution in [2.24, 2.45) is 5.92 Å². The highest BCUT2D eigenvalue weighted by atomic mass is 32.2. The quantitative estimate of drug-likeness (QED) is 0.722. The molecular weight excluding hydrogens is 374 g/mol. The van der Waals surface area contributed by atoms with Crippen LogP contribution in [0, 0.1) is 12.8 Å². The van der Waals surface area contributed by atoms with Crippen LogP contribution in [0.25, 0.3) is 10.9 Å². The molecule has 28 heavy (non-hydrogen) atoms. The smallest absolute Gasteiger partial charge is 0.268 e. The first-order valence-corrected chi connectivity index (χ1v) is 11.0. The van der Waals surface area contributed by atoms with Crippen LogP contribution >= 0.6 is 0 Å². The van der Waals surface area contributed by atoms with Gasteiger partial charge in [-0.1, -0.05) is 42.8 Å². The summed E-state index contributed by atoms with van der Waals surface area (Å²) in [6.07, 6.45) is 3.33. The Kier molecular flexibility index (Phi) is 4.85. The minimum Gasteiger partial charge on any atom is -0.388 e. The number of carbonyl (C=O) groups is 1. The van der Waals surface area contributed by atoms with E-state index < -0.39 is 22.0 Å². The van der Waals surface area contributed by atoms with Gasteiger partial charge in [-0.05, 0) is 37.5 Å². The van der Waals surface area contributed by atoms with E-state index in [2.05, 4.69) is 0 Å². The predicted octanol–water partition coefficient (Wildman–Crippen LogP) is 3.98. The van der Waals surface area contributed by atoms with Crippen molar-refractivity contribution < 1.29 is 18.3 Å². The van der Waals surface area contributed by atoms with Gasteiger partial charge in [-0.15, -0.1) is 0 Å². The molecule has 1 heterocycles. The molecular formula is C22H23NO4S. The zero-order valence-corrected chi connectivity index (χ0v) is 16.5. The van der Waals surface area contributed by atoms with E-state index in [-0.39, 0.29) is 10.7 Å². The Labute approximate surface area is 164 Å². The largest absolute Gasteiger partial charge is 0.388 e. The number of hydrogen-bond acceptors (Lipinski definition) is 4. The summed E-state index contributed by atoms with van der Waals surface area (Å²) >= 11 is 0. The van der Waals surface area contributed by atoms with Crippen LogP contribution in [-0.2, 0) is 14.8 Å². The van der Waals surface area contributed by atoms with Crippen molar-refractivity contribution in [2.45, 2.75) is 43.6 Å². The summed E-state index contributed by atoms with van der Waals surface area (Å²) in [4.78, 5) is 12.5. The molecule has 0 bridgehead atoms. The van der Waals surface area contributed by atoms with Gasteiger partial charge in [-0.3, -0.25) is 4.79 Å². The number of aromatic nitrogens is 1. The van der Waals surface area contributed by atoms with Crippen LogP contribution in [0.1, 0.15) is 42.9 Å². The molecule has 1 N–H and O–H groups in total. The molecule has 0 saturated heterocycles. The Morgan fingerprint density at radius 2 is 1.82 bits per heavy atom. The molecule has 1 saturated carbocycles. The van der Waals surface area contributed by atoms with E-state index in [1.165, 1.54) is 10.2 Å². The molecule has 1 fully saturated rings. The van der Waals surface area contributed by atoms with E-state index in [1.807, 2.05) is 25.1 Å². The molecule has 1 aliphatic rings. The van der Waals surface area contributed by atoms with E-state index >= 15 is 0 Å². The molecule has 3 aromatic rings. The summed E-state index contributed by atoms with van der Waals surface area (Å²) in [5, 5.41) is 11.7. The summed E-state index contributed by atoms with van der Waals surface area (Å²) in [7, 11) is -3.82. The number of aryl methyl sites for hydroxylation is 1. The number of Topliss-reactive ketones (excluding diaryl/α,β-unsaturated/α-hetero) is 1. The Morgan fingerprint density at radius 1 is 1.07 bits per heavy atom. The Balaban J connectivity index is 1.91. The van der Waals surface area contributed by atoms with Crippen molar-refractivity contribution in [3.8, 4) is 0 Å². The van der Waals surface area contributed by atoms with Gasteiger partial charge in [0.05, 0.1) is 16.5 Å². The minimum atomic E-state index is -3.82. The van der Waals surface area contributed by atoms with E-state index in [0.29, 0.717) is 29.3 Å². The van der Waals surface area contributed by atoms with Crippen molar-refractivity contribution >= 4 is 26.7 Å². The Hall–Kier alpha value is -2.44. The molecule has 1 aliphatic carbocycles. The molecule has 0 aliphatic heterocycles. The zero-order chi connectivity index (χ0) is 19.9. The van der Waals surface area contributed by atoms with Gasteiger partial charge in [-0.25, -0.2) is 12.4 Å². The number of para-hydroxylation sites is 1. The molecule has 0 radical (unpaired) electrons. The fraction of sp³-hybridized carbons (Fsp3) is 0.318. The minimum absolute atomic E-state index is 0.0539. The number of nitrogens with zero attached hydrogens (tertiary/aromatic N) is 1. The van der Waals surface area contributed by atoms with Crippen LogP contribution in [0.2, 0.25) is 0 Å². The highest BCUT2D eigenvalue weighted by molar-refractivity contribution is 7.90. The molecule has 0 unspecified atom stereocenters. The summed E-state index contributed by atoms with van der Waals surface area (Å²) in [5.74, 6) is -0.425. The van der Waals surface area contributed by atoms with Crippen LogP contribution in [0.4, 0.5) is 0 Å². The highest BCUT2D eigenvalue weighted by Gasteiger charge is 2.33. The lowest BCUT2D eigenvalue weighted by Crippen LogP contribution is -2.25. The van der Waals surface area contributed by atoms with Crippen LogP contribution in [0.15, 0.2) is 59.6 Å². The predicted molar refractivity (Wildman–Crippen MR) is 108 cm³/mol. The monoisotopic (exact) mass is 397 g/mol. The second-order valence-corrected chi connectivity index (χ2v) is 9.25. The number of benzene rings is 2. The molecule has 4 rings (SSSR count). The highest BCUT2D eigenvalue weighted by Crippen LogP contribution is 2.38. The summed E-state index contributed by atoms with van der Waals surface area (Å²) in [6.45, 7) is 1.85.